The Labute approximate surface area is 118 Å². The van der Waals surface area contributed by atoms with E-state index in [0.717, 1.165) is 17.7 Å². The van der Waals surface area contributed by atoms with Crippen molar-refractivity contribution in [2.75, 3.05) is 13.1 Å². The fourth-order valence-corrected chi connectivity index (χ4v) is 2.82. The van der Waals surface area contributed by atoms with Gasteiger partial charge < -0.3 is 16.4 Å². The van der Waals surface area contributed by atoms with Crippen LogP contribution in [-0.4, -0.2) is 47.4 Å². The zero-order valence-electron chi connectivity index (χ0n) is 11.8. The third-order valence-corrected chi connectivity index (χ3v) is 4.03. The molecule has 1 saturated heterocycles. The first-order chi connectivity index (χ1) is 9.48. The van der Waals surface area contributed by atoms with Crippen molar-refractivity contribution in [3.63, 3.8) is 0 Å². The Morgan fingerprint density at radius 1 is 1.45 bits per heavy atom. The third kappa shape index (κ3) is 2.77. The summed E-state index contributed by atoms with van der Waals surface area (Å²) in [7, 11) is 0. The SMILES string of the molecule is C[C@@H](CN)NC(=O)CCN1C(=O)NC2(CCCC2)C1=O. The number of rotatable bonds is 5. The molecule has 20 heavy (non-hydrogen) atoms. The Bertz CT molecular complexity index is 418. The summed E-state index contributed by atoms with van der Waals surface area (Å²) in [6, 6.07) is -0.483. The molecular weight excluding hydrogens is 260 g/mol. The minimum Gasteiger partial charge on any atom is -0.352 e. The minimum atomic E-state index is -0.696. The second-order valence-electron chi connectivity index (χ2n) is 5.63. The molecule has 7 heteroatoms. The molecule has 0 aromatic rings. The van der Waals surface area contributed by atoms with Gasteiger partial charge in [0.05, 0.1) is 0 Å². The van der Waals surface area contributed by atoms with Crippen molar-refractivity contribution in [1.82, 2.24) is 15.5 Å². The predicted molar refractivity (Wildman–Crippen MR) is 72.7 cm³/mol. The lowest BCUT2D eigenvalue weighted by molar-refractivity contribution is -0.131. The van der Waals surface area contributed by atoms with Gasteiger partial charge in [0.15, 0.2) is 0 Å². The van der Waals surface area contributed by atoms with Gasteiger partial charge in [0.25, 0.3) is 5.91 Å². The Hall–Kier alpha value is -1.63. The number of imide groups is 1. The third-order valence-electron chi connectivity index (χ3n) is 4.03. The summed E-state index contributed by atoms with van der Waals surface area (Å²) < 4.78 is 0. The normalized spacial score (nSPS) is 22.2. The highest BCUT2D eigenvalue weighted by atomic mass is 16.2. The molecule has 1 atom stereocenters. The summed E-state index contributed by atoms with van der Waals surface area (Å²) >= 11 is 0. The lowest BCUT2D eigenvalue weighted by Gasteiger charge is -2.20. The number of nitrogens with one attached hydrogen (secondary N) is 2. The molecular formula is C13H22N4O3. The second-order valence-corrected chi connectivity index (χ2v) is 5.63. The van der Waals surface area contributed by atoms with Gasteiger partial charge in [-0.2, -0.15) is 0 Å². The Morgan fingerprint density at radius 3 is 2.70 bits per heavy atom. The van der Waals surface area contributed by atoms with Gasteiger partial charge in [-0.1, -0.05) is 12.8 Å². The summed E-state index contributed by atoms with van der Waals surface area (Å²) in [5.74, 6) is -0.379. The van der Waals surface area contributed by atoms with Crippen LogP contribution in [0.1, 0.15) is 39.0 Å². The molecule has 7 nitrogen and oxygen atoms in total. The van der Waals surface area contributed by atoms with Crippen molar-refractivity contribution in [3.05, 3.63) is 0 Å². The van der Waals surface area contributed by atoms with Crippen LogP contribution in [0, 0.1) is 0 Å². The number of amides is 4. The molecule has 1 heterocycles. The second kappa shape index (κ2) is 5.78. The summed E-state index contributed by atoms with van der Waals surface area (Å²) in [6.45, 7) is 2.28. The number of hydrogen-bond donors (Lipinski definition) is 3. The number of nitrogens with zero attached hydrogens (tertiary/aromatic N) is 1. The molecule has 0 aromatic heterocycles. The average Bonchev–Trinajstić information content (AvgIpc) is 2.95. The number of carbonyl (C=O) groups is 3. The molecule has 112 valence electrons. The number of urea groups is 1. The minimum absolute atomic E-state index is 0.105. The van der Waals surface area contributed by atoms with Crippen molar-refractivity contribution >= 4 is 17.8 Å². The van der Waals surface area contributed by atoms with Gasteiger partial charge in [0.2, 0.25) is 5.91 Å². The molecule has 2 fully saturated rings. The highest BCUT2D eigenvalue weighted by molar-refractivity contribution is 6.07. The van der Waals surface area contributed by atoms with Crippen LogP contribution in [0.25, 0.3) is 0 Å². The highest BCUT2D eigenvalue weighted by Gasteiger charge is 2.52. The highest BCUT2D eigenvalue weighted by Crippen LogP contribution is 2.34. The molecule has 4 N–H and O–H groups in total. The fourth-order valence-electron chi connectivity index (χ4n) is 2.82. The van der Waals surface area contributed by atoms with Gasteiger partial charge in [-0.3, -0.25) is 14.5 Å². The van der Waals surface area contributed by atoms with Crippen LogP contribution in [-0.2, 0) is 9.59 Å². The zero-order valence-corrected chi connectivity index (χ0v) is 11.8. The molecule has 1 aliphatic heterocycles. The van der Waals surface area contributed by atoms with Gasteiger partial charge >= 0.3 is 6.03 Å². The topological polar surface area (TPSA) is 105 Å². The van der Waals surface area contributed by atoms with E-state index < -0.39 is 5.54 Å². The Kier molecular flexibility index (Phi) is 4.27. The maximum absolute atomic E-state index is 12.3. The molecule has 0 bridgehead atoms. The summed E-state index contributed by atoms with van der Waals surface area (Å²) in [4.78, 5) is 37.0. The predicted octanol–water partition coefficient (Wildman–Crippen LogP) is -0.295. The van der Waals surface area contributed by atoms with E-state index in [0.29, 0.717) is 19.4 Å². The van der Waals surface area contributed by atoms with E-state index in [9.17, 15) is 14.4 Å². The van der Waals surface area contributed by atoms with Gasteiger partial charge in [-0.15, -0.1) is 0 Å². The van der Waals surface area contributed by atoms with Gasteiger partial charge in [0, 0.05) is 25.6 Å². The monoisotopic (exact) mass is 282 g/mol. The van der Waals surface area contributed by atoms with Gasteiger partial charge in [-0.25, -0.2) is 4.79 Å². The van der Waals surface area contributed by atoms with Crippen LogP contribution >= 0.6 is 0 Å². The summed E-state index contributed by atoms with van der Waals surface area (Å²) in [6.07, 6.45) is 3.41. The van der Waals surface area contributed by atoms with Crippen molar-refractivity contribution in [2.24, 2.45) is 5.73 Å². The van der Waals surface area contributed by atoms with Crippen molar-refractivity contribution in [2.45, 2.75) is 50.6 Å². The van der Waals surface area contributed by atoms with Crippen molar-refractivity contribution in [3.8, 4) is 0 Å². The molecule has 1 saturated carbocycles. The van der Waals surface area contributed by atoms with Crippen LogP contribution in [0.15, 0.2) is 0 Å². The molecule has 4 amide bonds. The molecule has 0 radical (unpaired) electrons. The van der Waals surface area contributed by atoms with Crippen LogP contribution in [0.4, 0.5) is 4.79 Å². The van der Waals surface area contributed by atoms with E-state index in [2.05, 4.69) is 10.6 Å². The van der Waals surface area contributed by atoms with Crippen LogP contribution in [0.5, 0.6) is 0 Å². The number of nitrogens with two attached hydrogens (primary N) is 1. The van der Waals surface area contributed by atoms with Crippen molar-refractivity contribution < 1.29 is 14.4 Å². The van der Waals surface area contributed by atoms with E-state index in [4.69, 9.17) is 5.73 Å². The molecule has 2 rings (SSSR count). The fraction of sp³-hybridized carbons (Fsp3) is 0.769. The van der Waals surface area contributed by atoms with E-state index in [1.165, 1.54) is 0 Å². The van der Waals surface area contributed by atoms with E-state index >= 15 is 0 Å². The first-order valence-corrected chi connectivity index (χ1v) is 7.12. The number of carbonyl (C=O) groups excluding carboxylic acids is 3. The lowest BCUT2D eigenvalue weighted by Crippen LogP contribution is -2.44. The van der Waals surface area contributed by atoms with E-state index in [1.54, 1.807) is 6.92 Å². The van der Waals surface area contributed by atoms with Crippen molar-refractivity contribution in [1.29, 1.82) is 0 Å². The lowest BCUT2D eigenvalue weighted by atomic mass is 9.98. The number of hydrogen-bond acceptors (Lipinski definition) is 4. The largest absolute Gasteiger partial charge is 0.352 e. The van der Waals surface area contributed by atoms with Crippen LogP contribution in [0.2, 0.25) is 0 Å². The summed E-state index contributed by atoms with van der Waals surface area (Å²) in [5, 5.41) is 5.50. The Morgan fingerprint density at radius 2 is 2.10 bits per heavy atom. The average molecular weight is 282 g/mol. The molecule has 2 aliphatic rings. The van der Waals surface area contributed by atoms with Crippen LogP contribution < -0.4 is 16.4 Å². The van der Waals surface area contributed by atoms with Gasteiger partial charge in [-0.05, 0) is 19.8 Å². The molecule has 0 aromatic carbocycles. The maximum atomic E-state index is 12.3. The zero-order chi connectivity index (χ0) is 14.8. The first-order valence-electron chi connectivity index (χ1n) is 7.12. The molecule has 1 spiro atoms. The summed E-state index contributed by atoms with van der Waals surface area (Å²) in [5.41, 5.74) is 4.72. The first kappa shape index (κ1) is 14.8. The van der Waals surface area contributed by atoms with E-state index in [-0.39, 0.29) is 36.9 Å². The van der Waals surface area contributed by atoms with Crippen LogP contribution in [0.3, 0.4) is 0 Å². The smallest absolute Gasteiger partial charge is 0.325 e. The maximum Gasteiger partial charge on any atom is 0.325 e. The van der Waals surface area contributed by atoms with Gasteiger partial charge in [0.1, 0.15) is 5.54 Å². The van der Waals surface area contributed by atoms with E-state index in [1.807, 2.05) is 0 Å². The standard InChI is InChI=1S/C13H22N4O3/c1-9(8-14)15-10(18)4-7-17-11(19)13(16-12(17)20)5-2-3-6-13/h9H,2-8,14H2,1H3,(H,15,18)(H,16,20)/t9-/m0/s1. The molecule has 0 unspecified atom stereocenters. The quantitative estimate of drug-likeness (QED) is 0.602. The Balaban J connectivity index is 1.88. The molecule has 1 aliphatic carbocycles.